The summed E-state index contributed by atoms with van der Waals surface area (Å²) in [6, 6.07) is 0.0127. The van der Waals surface area contributed by atoms with Crippen LogP contribution in [-0.2, 0) is 4.79 Å². The van der Waals surface area contributed by atoms with Crippen LogP contribution < -0.4 is 11.1 Å². The number of thiazole rings is 1. The maximum Gasteiger partial charge on any atom is 0.230 e. The first kappa shape index (κ1) is 10.6. The number of anilines is 1. The minimum absolute atomic E-state index is 0.0127. The van der Waals surface area contributed by atoms with E-state index in [1.54, 1.807) is 6.20 Å². The van der Waals surface area contributed by atoms with Crippen LogP contribution in [0.2, 0.25) is 0 Å². The smallest absolute Gasteiger partial charge is 0.230 e. The van der Waals surface area contributed by atoms with Gasteiger partial charge >= 0.3 is 0 Å². The van der Waals surface area contributed by atoms with Gasteiger partial charge in [-0.25, -0.2) is 4.98 Å². The molecule has 0 bridgehead atoms. The molecule has 5 heteroatoms. The number of nitrogens with one attached hydrogen (secondary N) is 1. The molecule has 1 aromatic heterocycles. The second-order valence-corrected chi connectivity index (χ2v) is 4.78. The summed E-state index contributed by atoms with van der Waals surface area (Å²) in [5.74, 6) is -0.0141. The first-order valence-electron chi connectivity index (χ1n) is 5.23. The number of hydrogen-bond donors (Lipinski definition) is 2. The predicted molar refractivity (Wildman–Crippen MR) is 60.7 cm³/mol. The van der Waals surface area contributed by atoms with Gasteiger partial charge in [0, 0.05) is 17.6 Å². The molecule has 1 saturated carbocycles. The predicted octanol–water partition coefficient (Wildman–Crippen LogP) is 1.60. The zero-order chi connectivity index (χ0) is 10.7. The molecule has 1 aliphatic carbocycles. The van der Waals surface area contributed by atoms with Crippen molar-refractivity contribution in [3.63, 3.8) is 0 Å². The molecule has 1 amide bonds. The number of carbonyl (C=O) groups is 1. The minimum Gasteiger partial charge on any atom is -0.327 e. The largest absolute Gasteiger partial charge is 0.327 e. The fourth-order valence-corrected chi connectivity index (χ4v) is 2.50. The Bertz CT molecular complexity index is 325. The molecule has 1 heterocycles. The zero-order valence-electron chi connectivity index (χ0n) is 8.48. The van der Waals surface area contributed by atoms with Gasteiger partial charge in [0.2, 0.25) is 5.91 Å². The number of amides is 1. The number of nitrogens with two attached hydrogens (primary N) is 1. The Labute approximate surface area is 92.9 Å². The average Bonchev–Trinajstić information content (AvgIpc) is 2.71. The first-order valence-corrected chi connectivity index (χ1v) is 6.11. The van der Waals surface area contributed by atoms with Crippen molar-refractivity contribution >= 4 is 22.4 Å². The van der Waals surface area contributed by atoms with Gasteiger partial charge in [0.15, 0.2) is 5.13 Å². The maximum atomic E-state index is 11.9. The molecule has 1 aromatic rings. The van der Waals surface area contributed by atoms with Gasteiger partial charge in [-0.15, -0.1) is 11.3 Å². The number of rotatable bonds is 2. The van der Waals surface area contributed by atoms with Crippen LogP contribution in [-0.4, -0.2) is 16.9 Å². The molecule has 0 unspecified atom stereocenters. The van der Waals surface area contributed by atoms with E-state index in [9.17, 15) is 4.79 Å². The highest BCUT2D eigenvalue weighted by Gasteiger charge is 2.28. The lowest BCUT2D eigenvalue weighted by molar-refractivity contribution is -0.121. The molecule has 2 atom stereocenters. The fraction of sp³-hybridized carbons (Fsp3) is 0.600. The van der Waals surface area contributed by atoms with Gasteiger partial charge in [0.25, 0.3) is 0 Å². The van der Waals surface area contributed by atoms with Gasteiger partial charge in [-0.2, -0.15) is 0 Å². The van der Waals surface area contributed by atoms with Crippen molar-refractivity contribution in [1.29, 1.82) is 0 Å². The van der Waals surface area contributed by atoms with E-state index < -0.39 is 0 Å². The summed E-state index contributed by atoms with van der Waals surface area (Å²) < 4.78 is 0. The molecule has 0 radical (unpaired) electrons. The van der Waals surface area contributed by atoms with Gasteiger partial charge in [-0.1, -0.05) is 12.8 Å². The normalized spacial score (nSPS) is 26.2. The molecule has 1 fully saturated rings. The third-order valence-electron chi connectivity index (χ3n) is 2.82. The van der Waals surface area contributed by atoms with E-state index >= 15 is 0 Å². The lowest BCUT2D eigenvalue weighted by Gasteiger charge is -2.26. The molecule has 0 aliphatic heterocycles. The van der Waals surface area contributed by atoms with Crippen molar-refractivity contribution in [3.05, 3.63) is 11.6 Å². The maximum absolute atomic E-state index is 11.9. The zero-order valence-corrected chi connectivity index (χ0v) is 9.30. The van der Waals surface area contributed by atoms with Gasteiger partial charge in [-0.3, -0.25) is 4.79 Å². The van der Waals surface area contributed by atoms with Crippen LogP contribution in [0.15, 0.2) is 11.6 Å². The summed E-state index contributed by atoms with van der Waals surface area (Å²) in [6.07, 6.45) is 5.78. The third kappa shape index (κ3) is 2.54. The lowest BCUT2D eigenvalue weighted by atomic mass is 9.84. The van der Waals surface area contributed by atoms with Crippen molar-refractivity contribution in [1.82, 2.24) is 4.98 Å². The quantitative estimate of drug-likeness (QED) is 0.803. The Kier molecular flexibility index (Phi) is 3.33. The number of aromatic nitrogens is 1. The van der Waals surface area contributed by atoms with Crippen molar-refractivity contribution in [2.75, 3.05) is 5.32 Å². The second-order valence-electron chi connectivity index (χ2n) is 3.88. The summed E-state index contributed by atoms with van der Waals surface area (Å²) in [5, 5.41) is 5.32. The number of nitrogens with zero attached hydrogens (tertiary/aromatic N) is 1. The van der Waals surface area contributed by atoms with Crippen LogP contribution in [0.5, 0.6) is 0 Å². The van der Waals surface area contributed by atoms with E-state index in [-0.39, 0.29) is 17.9 Å². The molecule has 0 aromatic carbocycles. The molecule has 82 valence electrons. The highest BCUT2D eigenvalue weighted by Crippen LogP contribution is 2.24. The number of carbonyl (C=O) groups excluding carboxylic acids is 1. The molecule has 0 spiro atoms. The molecular weight excluding hydrogens is 210 g/mol. The summed E-state index contributed by atoms with van der Waals surface area (Å²) in [7, 11) is 0. The van der Waals surface area contributed by atoms with Gasteiger partial charge in [0.05, 0.1) is 5.92 Å². The standard InChI is InChI=1S/C10H15N3OS/c11-8-4-2-1-3-7(8)9(14)13-10-12-5-6-15-10/h5-8H,1-4,11H2,(H,12,13,14)/t7-,8+/m1/s1. The van der Waals surface area contributed by atoms with Crippen LogP contribution in [0.4, 0.5) is 5.13 Å². The van der Waals surface area contributed by atoms with Gasteiger partial charge in [0.1, 0.15) is 0 Å². The molecule has 0 saturated heterocycles. The summed E-state index contributed by atoms with van der Waals surface area (Å²) in [5.41, 5.74) is 5.93. The van der Waals surface area contributed by atoms with Crippen molar-refractivity contribution in [2.24, 2.45) is 11.7 Å². The van der Waals surface area contributed by atoms with E-state index in [1.165, 1.54) is 11.3 Å². The molecular formula is C10H15N3OS. The Hall–Kier alpha value is -0.940. The van der Waals surface area contributed by atoms with Crippen LogP contribution in [0, 0.1) is 5.92 Å². The average molecular weight is 225 g/mol. The summed E-state index contributed by atoms with van der Waals surface area (Å²) >= 11 is 1.43. The fourth-order valence-electron chi connectivity index (χ4n) is 1.97. The third-order valence-corrected chi connectivity index (χ3v) is 3.51. The lowest BCUT2D eigenvalue weighted by Crippen LogP contribution is -2.40. The van der Waals surface area contributed by atoms with E-state index in [2.05, 4.69) is 10.3 Å². The highest BCUT2D eigenvalue weighted by molar-refractivity contribution is 7.13. The molecule has 15 heavy (non-hydrogen) atoms. The Morgan fingerprint density at radius 2 is 2.33 bits per heavy atom. The Balaban J connectivity index is 1.95. The molecule has 1 aliphatic rings. The monoisotopic (exact) mass is 225 g/mol. The summed E-state index contributed by atoms with van der Waals surface area (Å²) in [4.78, 5) is 15.9. The molecule has 3 N–H and O–H groups in total. The Morgan fingerprint density at radius 1 is 1.53 bits per heavy atom. The first-order chi connectivity index (χ1) is 7.27. The SMILES string of the molecule is N[C@H]1CCCC[C@H]1C(=O)Nc1nccs1. The second kappa shape index (κ2) is 4.72. The van der Waals surface area contributed by atoms with Crippen LogP contribution >= 0.6 is 11.3 Å². The molecule has 4 nitrogen and oxygen atoms in total. The van der Waals surface area contributed by atoms with E-state index in [1.807, 2.05) is 5.38 Å². The number of hydrogen-bond acceptors (Lipinski definition) is 4. The van der Waals surface area contributed by atoms with E-state index in [0.717, 1.165) is 25.7 Å². The van der Waals surface area contributed by atoms with Crippen molar-refractivity contribution in [3.8, 4) is 0 Å². The summed E-state index contributed by atoms with van der Waals surface area (Å²) in [6.45, 7) is 0. The van der Waals surface area contributed by atoms with Crippen molar-refractivity contribution in [2.45, 2.75) is 31.7 Å². The van der Waals surface area contributed by atoms with Crippen LogP contribution in [0.25, 0.3) is 0 Å². The Morgan fingerprint density at radius 3 is 3.00 bits per heavy atom. The van der Waals surface area contributed by atoms with Crippen LogP contribution in [0.1, 0.15) is 25.7 Å². The minimum atomic E-state index is -0.0392. The van der Waals surface area contributed by atoms with Gasteiger partial charge in [-0.05, 0) is 12.8 Å². The highest BCUT2D eigenvalue weighted by atomic mass is 32.1. The van der Waals surface area contributed by atoms with Crippen LogP contribution in [0.3, 0.4) is 0 Å². The van der Waals surface area contributed by atoms with Crippen molar-refractivity contribution < 1.29 is 4.79 Å². The molecule has 2 rings (SSSR count). The van der Waals surface area contributed by atoms with Gasteiger partial charge < -0.3 is 11.1 Å². The topological polar surface area (TPSA) is 68.0 Å². The van der Waals surface area contributed by atoms with E-state index in [0.29, 0.717) is 5.13 Å². The van der Waals surface area contributed by atoms with E-state index in [4.69, 9.17) is 5.73 Å².